The number of rotatable bonds is 5. The number of hydrogen-bond acceptors (Lipinski definition) is 2. The van der Waals surface area contributed by atoms with Gasteiger partial charge in [0.1, 0.15) is 5.69 Å². The van der Waals surface area contributed by atoms with Gasteiger partial charge in [-0.15, -0.1) is 0 Å². The summed E-state index contributed by atoms with van der Waals surface area (Å²) >= 11 is 0. The maximum atomic E-state index is 12.7. The second kappa shape index (κ2) is 7.27. The molecule has 0 bridgehead atoms. The summed E-state index contributed by atoms with van der Waals surface area (Å²) < 4.78 is 0. The fourth-order valence-electron chi connectivity index (χ4n) is 3.06. The zero-order chi connectivity index (χ0) is 17.8. The van der Waals surface area contributed by atoms with E-state index in [1.807, 2.05) is 43.3 Å². The molecule has 0 saturated heterocycles. The molecule has 0 unspecified atom stereocenters. The van der Waals surface area contributed by atoms with Crippen LogP contribution in [-0.2, 0) is 6.42 Å². The summed E-state index contributed by atoms with van der Waals surface area (Å²) in [6.07, 6.45) is 3.79. The van der Waals surface area contributed by atoms with Gasteiger partial charge in [0, 0.05) is 12.6 Å². The number of benzene rings is 2. The minimum atomic E-state index is 0.0430. The molecule has 0 spiro atoms. The Hall–Kier alpha value is -3.00. The summed E-state index contributed by atoms with van der Waals surface area (Å²) in [4.78, 5) is 17.1. The van der Waals surface area contributed by atoms with Crippen LogP contribution in [-0.4, -0.2) is 10.8 Å². The van der Waals surface area contributed by atoms with Gasteiger partial charge in [-0.05, 0) is 53.3 Å². The Morgan fingerprint density at radius 3 is 2.52 bits per heavy atom. The molecule has 2 nitrogen and oxygen atoms in total. The number of Topliss-reactive ketones (excluding diaryl/α,β-unsaturated/α-hetero) is 1. The highest BCUT2D eigenvalue weighted by molar-refractivity contribution is 5.97. The monoisotopic (exact) mass is 327 g/mol. The van der Waals surface area contributed by atoms with Crippen LogP contribution in [0.5, 0.6) is 0 Å². The van der Waals surface area contributed by atoms with Crippen molar-refractivity contribution in [2.45, 2.75) is 20.3 Å². The Labute approximate surface area is 148 Å². The molecule has 0 N–H and O–H groups in total. The van der Waals surface area contributed by atoms with Crippen molar-refractivity contribution in [2.24, 2.45) is 0 Å². The van der Waals surface area contributed by atoms with Gasteiger partial charge < -0.3 is 0 Å². The van der Waals surface area contributed by atoms with Gasteiger partial charge in [0.25, 0.3) is 0 Å². The largest absolute Gasteiger partial charge is 0.292 e. The van der Waals surface area contributed by atoms with Gasteiger partial charge >= 0.3 is 0 Å². The van der Waals surface area contributed by atoms with Crippen molar-refractivity contribution >= 4 is 11.9 Å². The molecule has 0 saturated carbocycles. The Kier molecular flexibility index (Phi) is 4.90. The third-order valence-electron chi connectivity index (χ3n) is 4.48. The minimum Gasteiger partial charge on any atom is -0.292 e. The van der Waals surface area contributed by atoms with Crippen LogP contribution in [0.3, 0.4) is 0 Å². The van der Waals surface area contributed by atoms with Crippen LogP contribution in [0.1, 0.15) is 32.7 Å². The summed E-state index contributed by atoms with van der Waals surface area (Å²) in [5.41, 5.74) is 6.87. The Bertz CT molecular complexity index is 926. The maximum absolute atomic E-state index is 12.7. The number of hydrogen-bond donors (Lipinski definition) is 0. The molecule has 0 aliphatic heterocycles. The molecule has 0 aliphatic carbocycles. The smallest absolute Gasteiger partial charge is 0.185 e. The second-order valence-electron chi connectivity index (χ2n) is 6.19. The first-order valence-corrected chi connectivity index (χ1v) is 8.36. The van der Waals surface area contributed by atoms with Gasteiger partial charge in [0.05, 0.1) is 0 Å². The summed E-state index contributed by atoms with van der Waals surface area (Å²) in [6.45, 7) is 7.73. The predicted molar refractivity (Wildman–Crippen MR) is 104 cm³/mol. The van der Waals surface area contributed by atoms with Crippen LogP contribution in [0, 0.1) is 13.8 Å². The molecule has 1 heterocycles. The molecule has 0 fully saturated rings. The van der Waals surface area contributed by atoms with E-state index in [1.54, 1.807) is 12.3 Å². The molecule has 1 aromatic heterocycles. The van der Waals surface area contributed by atoms with Crippen LogP contribution in [0.15, 0.2) is 67.4 Å². The van der Waals surface area contributed by atoms with Gasteiger partial charge in [-0.1, -0.05) is 61.2 Å². The van der Waals surface area contributed by atoms with Crippen LogP contribution in [0.2, 0.25) is 0 Å². The lowest BCUT2D eigenvalue weighted by Gasteiger charge is -2.12. The Morgan fingerprint density at radius 2 is 1.84 bits per heavy atom. The van der Waals surface area contributed by atoms with Crippen molar-refractivity contribution in [3.8, 4) is 11.1 Å². The molecular formula is C23H21NO. The number of carbonyl (C=O) groups is 1. The quantitative estimate of drug-likeness (QED) is 0.585. The first-order chi connectivity index (χ1) is 12.1. The van der Waals surface area contributed by atoms with Crippen molar-refractivity contribution in [1.29, 1.82) is 0 Å². The number of aromatic nitrogens is 1. The van der Waals surface area contributed by atoms with Crippen molar-refractivity contribution in [1.82, 2.24) is 4.98 Å². The molecule has 3 aromatic rings. The first kappa shape index (κ1) is 16.8. The van der Waals surface area contributed by atoms with Crippen molar-refractivity contribution in [3.05, 3.63) is 95.3 Å². The highest BCUT2D eigenvalue weighted by Crippen LogP contribution is 2.26. The van der Waals surface area contributed by atoms with Gasteiger partial charge in [-0.3, -0.25) is 9.78 Å². The van der Waals surface area contributed by atoms with E-state index in [1.165, 1.54) is 5.56 Å². The van der Waals surface area contributed by atoms with Crippen LogP contribution < -0.4 is 0 Å². The molecule has 0 atom stereocenters. The Morgan fingerprint density at radius 1 is 1.08 bits per heavy atom. The van der Waals surface area contributed by atoms with Gasteiger partial charge in [-0.2, -0.15) is 0 Å². The zero-order valence-electron chi connectivity index (χ0n) is 14.6. The second-order valence-corrected chi connectivity index (χ2v) is 6.19. The third kappa shape index (κ3) is 3.58. The molecule has 0 aliphatic rings. The zero-order valence-corrected chi connectivity index (χ0v) is 14.6. The van der Waals surface area contributed by atoms with Gasteiger partial charge in [0.15, 0.2) is 5.78 Å². The van der Waals surface area contributed by atoms with Crippen molar-refractivity contribution < 1.29 is 4.79 Å². The number of nitrogens with zero attached hydrogens (tertiary/aromatic N) is 1. The maximum Gasteiger partial charge on any atom is 0.185 e. The summed E-state index contributed by atoms with van der Waals surface area (Å²) in [7, 11) is 0. The lowest BCUT2D eigenvalue weighted by Crippen LogP contribution is -2.09. The molecule has 3 rings (SSSR count). The number of pyridine rings is 1. The van der Waals surface area contributed by atoms with E-state index in [4.69, 9.17) is 0 Å². The molecule has 124 valence electrons. The summed E-state index contributed by atoms with van der Waals surface area (Å²) in [5.74, 6) is 0.0430. The lowest BCUT2D eigenvalue weighted by atomic mass is 9.93. The number of carbonyl (C=O) groups excluding carboxylic acids is 1. The molecule has 2 heteroatoms. The molecule has 25 heavy (non-hydrogen) atoms. The predicted octanol–water partition coefficient (Wildman–Crippen LogP) is 5.43. The molecule has 0 amide bonds. The topological polar surface area (TPSA) is 30.0 Å². The van der Waals surface area contributed by atoms with Crippen LogP contribution in [0.4, 0.5) is 0 Å². The van der Waals surface area contributed by atoms with E-state index in [0.717, 1.165) is 27.8 Å². The molecule has 2 aromatic carbocycles. The average Bonchev–Trinajstić information content (AvgIpc) is 2.64. The molecule has 0 radical (unpaired) electrons. The van der Waals surface area contributed by atoms with Crippen molar-refractivity contribution in [2.75, 3.05) is 0 Å². The third-order valence-corrected chi connectivity index (χ3v) is 4.48. The number of ketones is 1. The minimum absolute atomic E-state index is 0.0430. The molecular weight excluding hydrogens is 306 g/mol. The normalized spacial score (nSPS) is 10.5. The Balaban J connectivity index is 1.91. The van der Waals surface area contributed by atoms with E-state index in [0.29, 0.717) is 12.1 Å². The average molecular weight is 327 g/mol. The summed E-state index contributed by atoms with van der Waals surface area (Å²) in [6, 6.07) is 18.3. The fourth-order valence-corrected chi connectivity index (χ4v) is 3.06. The van der Waals surface area contributed by atoms with Crippen molar-refractivity contribution in [3.63, 3.8) is 0 Å². The van der Waals surface area contributed by atoms with E-state index in [-0.39, 0.29) is 5.78 Å². The van der Waals surface area contributed by atoms with Gasteiger partial charge in [0.2, 0.25) is 0 Å². The van der Waals surface area contributed by atoms with E-state index >= 15 is 0 Å². The number of aryl methyl sites for hydroxylation is 1. The summed E-state index contributed by atoms with van der Waals surface area (Å²) in [5, 5.41) is 0. The van der Waals surface area contributed by atoms with Crippen LogP contribution in [0.25, 0.3) is 17.2 Å². The highest BCUT2D eigenvalue weighted by atomic mass is 16.1. The first-order valence-electron chi connectivity index (χ1n) is 8.36. The van der Waals surface area contributed by atoms with E-state index in [2.05, 4.69) is 36.7 Å². The lowest BCUT2D eigenvalue weighted by molar-refractivity contribution is 0.0987. The highest BCUT2D eigenvalue weighted by Gasteiger charge is 2.14. The van der Waals surface area contributed by atoms with Crippen LogP contribution >= 0.6 is 0 Å². The van der Waals surface area contributed by atoms with E-state index < -0.39 is 0 Å². The van der Waals surface area contributed by atoms with Gasteiger partial charge in [-0.25, -0.2) is 0 Å². The van der Waals surface area contributed by atoms with E-state index in [9.17, 15) is 4.79 Å². The fraction of sp³-hybridized carbons (Fsp3) is 0.130. The SMILES string of the molecule is C=Cc1cnc(C(=O)Cc2cccc(-c3ccccc3)c2C)c(C)c1. The standard InChI is InChI=1S/C23H21NO/c1-4-18-13-16(2)23(24-15-18)22(25)14-20-11-8-12-21(17(20)3)19-9-6-5-7-10-19/h4-13,15H,1,14H2,2-3H3.